The van der Waals surface area contributed by atoms with Crippen molar-refractivity contribution in [3.63, 3.8) is 0 Å². The van der Waals surface area contributed by atoms with Crippen LogP contribution in [0, 0.1) is 6.92 Å². The lowest BCUT2D eigenvalue weighted by molar-refractivity contribution is -0.138. The van der Waals surface area contributed by atoms with Crippen LogP contribution < -0.4 is 0 Å². The number of halogens is 3. The first kappa shape index (κ1) is 18.2. The molecule has 2 nitrogen and oxygen atoms in total. The topological polar surface area (TPSA) is 21.6 Å². The molecule has 1 aliphatic rings. The Labute approximate surface area is 136 Å². The average molecular weight is 343 g/mol. The minimum Gasteiger partial charge on any atom is -0.411 e. The van der Waals surface area contributed by atoms with Crippen molar-refractivity contribution < 1.29 is 17.6 Å². The summed E-state index contributed by atoms with van der Waals surface area (Å²) in [6.45, 7) is 12.6. The van der Waals surface area contributed by atoms with Gasteiger partial charge in [0.15, 0.2) is 8.32 Å². The van der Waals surface area contributed by atoms with Crippen molar-refractivity contribution >= 4 is 19.7 Å². The number of alkyl halides is 3. The smallest absolute Gasteiger partial charge is 0.411 e. The van der Waals surface area contributed by atoms with E-state index in [1.54, 1.807) is 13.0 Å². The molecule has 1 aliphatic heterocycles. The Balaban J connectivity index is 2.20. The molecule has 2 rings (SSSR count). The summed E-state index contributed by atoms with van der Waals surface area (Å²) >= 11 is 0. The summed E-state index contributed by atoms with van der Waals surface area (Å²) in [7, 11) is -1.94. The van der Waals surface area contributed by atoms with Crippen LogP contribution in [-0.4, -0.2) is 20.6 Å². The summed E-state index contributed by atoms with van der Waals surface area (Å²) in [5.74, 6) is 0. The quantitative estimate of drug-likeness (QED) is 0.649. The van der Waals surface area contributed by atoms with E-state index in [2.05, 4.69) is 38.9 Å². The minimum absolute atomic E-state index is 0.0622. The van der Waals surface area contributed by atoms with Gasteiger partial charge in [0, 0.05) is 12.1 Å². The van der Waals surface area contributed by atoms with E-state index in [4.69, 9.17) is 4.43 Å². The maximum atomic E-state index is 13.2. The molecule has 128 valence electrons. The van der Waals surface area contributed by atoms with Gasteiger partial charge in [0.05, 0.1) is 17.9 Å². The van der Waals surface area contributed by atoms with Crippen LogP contribution in [0.25, 0.3) is 0 Å². The molecule has 0 amide bonds. The number of aliphatic imine (C=N–C) groups is 1. The fourth-order valence-corrected chi connectivity index (χ4v) is 3.27. The Morgan fingerprint density at radius 2 is 1.78 bits per heavy atom. The number of rotatable bonds is 3. The average Bonchev–Trinajstić information content (AvgIpc) is 2.75. The predicted octanol–water partition coefficient (Wildman–Crippen LogP) is 5.66. The standard InChI is InChI=1S/C17H24F3NOSi/c1-11-7-14(17(18,19)20)13-9-12(21-15(13)8-11)10-22-23(5,6)16(2,3)4/h7-8H,9-10H2,1-6H3. The highest BCUT2D eigenvalue weighted by Gasteiger charge is 2.39. The highest BCUT2D eigenvalue weighted by molar-refractivity contribution is 6.74. The monoisotopic (exact) mass is 343 g/mol. The Hall–Kier alpha value is -1.14. The predicted molar refractivity (Wildman–Crippen MR) is 90.1 cm³/mol. The molecule has 0 radical (unpaired) electrons. The molecule has 1 aromatic rings. The second-order valence-corrected chi connectivity index (χ2v) is 12.5. The van der Waals surface area contributed by atoms with E-state index in [9.17, 15) is 13.2 Å². The second-order valence-electron chi connectivity index (χ2n) is 7.71. The van der Waals surface area contributed by atoms with Crippen molar-refractivity contribution in [3.05, 3.63) is 28.8 Å². The van der Waals surface area contributed by atoms with Gasteiger partial charge >= 0.3 is 6.18 Å². The Kier molecular flexibility index (Phi) is 4.54. The van der Waals surface area contributed by atoms with E-state index in [0.717, 1.165) is 0 Å². The van der Waals surface area contributed by atoms with Crippen molar-refractivity contribution in [2.24, 2.45) is 4.99 Å². The first-order valence-corrected chi connectivity index (χ1v) is 10.6. The summed E-state index contributed by atoms with van der Waals surface area (Å²) in [5.41, 5.74) is 1.40. The van der Waals surface area contributed by atoms with Crippen LogP contribution in [0.5, 0.6) is 0 Å². The molecule has 0 aliphatic carbocycles. The van der Waals surface area contributed by atoms with Gasteiger partial charge in [-0.3, -0.25) is 4.99 Å². The number of fused-ring (bicyclic) bond motifs is 1. The van der Waals surface area contributed by atoms with Gasteiger partial charge in [0.25, 0.3) is 0 Å². The summed E-state index contributed by atoms with van der Waals surface area (Å²) in [4.78, 5) is 4.39. The van der Waals surface area contributed by atoms with Crippen molar-refractivity contribution in [1.29, 1.82) is 0 Å². The zero-order valence-electron chi connectivity index (χ0n) is 14.6. The van der Waals surface area contributed by atoms with Crippen LogP contribution in [0.2, 0.25) is 18.1 Å². The number of hydrogen-bond donors (Lipinski definition) is 0. The van der Waals surface area contributed by atoms with E-state index in [0.29, 0.717) is 23.6 Å². The van der Waals surface area contributed by atoms with E-state index in [1.807, 2.05) is 0 Å². The Morgan fingerprint density at radius 3 is 2.30 bits per heavy atom. The van der Waals surface area contributed by atoms with Gasteiger partial charge in [-0.1, -0.05) is 20.8 Å². The summed E-state index contributed by atoms with van der Waals surface area (Å²) in [6.07, 6.45) is -4.12. The minimum atomic E-state index is -4.35. The molecule has 0 bridgehead atoms. The third-order valence-electron chi connectivity index (χ3n) is 4.74. The van der Waals surface area contributed by atoms with E-state index >= 15 is 0 Å². The second kappa shape index (κ2) is 5.74. The molecule has 6 heteroatoms. The van der Waals surface area contributed by atoms with Gasteiger partial charge in [-0.25, -0.2) is 0 Å². The van der Waals surface area contributed by atoms with Crippen LogP contribution in [0.3, 0.4) is 0 Å². The molecule has 0 atom stereocenters. The number of hydrogen-bond acceptors (Lipinski definition) is 2. The fraction of sp³-hybridized carbons (Fsp3) is 0.588. The largest absolute Gasteiger partial charge is 0.416 e. The normalized spacial score (nSPS) is 15.6. The van der Waals surface area contributed by atoms with Crippen LogP contribution in [0.4, 0.5) is 18.9 Å². The lowest BCUT2D eigenvalue weighted by Crippen LogP contribution is -2.42. The van der Waals surface area contributed by atoms with Gasteiger partial charge in [-0.05, 0) is 48.3 Å². The van der Waals surface area contributed by atoms with Crippen LogP contribution in [0.1, 0.15) is 37.5 Å². The van der Waals surface area contributed by atoms with Crippen molar-refractivity contribution in [1.82, 2.24) is 0 Å². The highest BCUT2D eigenvalue weighted by Crippen LogP contribution is 2.41. The molecule has 0 saturated heterocycles. The third kappa shape index (κ3) is 3.86. The molecule has 0 saturated carbocycles. The van der Waals surface area contributed by atoms with Gasteiger partial charge in [-0.2, -0.15) is 13.2 Å². The SMILES string of the molecule is Cc1cc2c(c(C(F)(F)F)c1)CC(CO[Si](C)(C)C(C)(C)C)=N2. The van der Waals surface area contributed by atoms with Crippen molar-refractivity contribution in [2.45, 2.75) is 58.4 Å². The van der Waals surface area contributed by atoms with E-state index < -0.39 is 20.1 Å². The zero-order chi connectivity index (χ0) is 17.6. The maximum Gasteiger partial charge on any atom is 0.416 e. The van der Waals surface area contributed by atoms with Crippen molar-refractivity contribution in [2.75, 3.05) is 6.61 Å². The first-order chi connectivity index (χ1) is 10.3. The molecule has 0 N–H and O–H groups in total. The number of benzene rings is 1. The van der Waals surface area contributed by atoms with Crippen LogP contribution >= 0.6 is 0 Å². The summed E-state index contributed by atoms with van der Waals surface area (Å²) in [5, 5.41) is 0.0622. The molecule has 1 heterocycles. The van der Waals surface area contributed by atoms with E-state index in [1.165, 1.54) is 6.07 Å². The Morgan fingerprint density at radius 1 is 1.17 bits per heavy atom. The van der Waals surface area contributed by atoms with Gasteiger partial charge in [0.1, 0.15) is 0 Å². The van der Waals surface area contributed by atoms with Crippen LogP contribution in [0.15, 0.2) is 17.1 Å². The molecule has 23 heavy (non-hydrogen) atoms. The third-order valence-corrected chi connectivity index (χ3v) is 9.22. The molecular formula is C17H24F3NOSi. The van der Waals surface area contributed by atoms with Gasteiger partial charge < -0.3 is 4.43 Å². The Bertz CT molecular complexity index is 642. The molecule has 0 unspecified atom stereocenters. The molecule has 0 fully saturated rings. The molecule has 0 aromatic heterocycles. The number of aryl methyl sites for hydroxylation is 1. The zero-order valence-corrected chi connectivity index (χ0v) is 15.6. The lowest BCUT2D eigenvalue weighted by Gasteiger charge is -2.36. The summed E-state index contributed by atoms with van der Waals surface area (Å²) in [6, 6.07) is 2.91. The van der Waals surface area contributed by atoms with E-state index in [-0.39, 0.29) is 17.0 Å². The van der Waals surface area contributed by atoms with Crippen molar-refractivity contribution in [3.8, 4) is 0 Å². The highest BCUT2D eigenvalue weighted by atomic mass is 28.4. The number of nitrogens with zero attached hydrogens (tertiary/aromatic N) is 1. The molecule has 1 aromatic carbocycles. The van der Waals surface area contributed by atoms with Crippen LogP contribution in [-0.2, 0) is 17.0 Å². The fourth-order valence-electron chi connectivity index (χ4n) is 2.31. The molecular weight excluding hydrogens is 319 g/mol. The molecule has 0 spiro atoms. The van der Waals surface area contributed by atoms with Gasteiger partial charge in [-0.15, -0.1) is 0 Å². The lowest BCUT2D eigenvalue weighted by atomic mass is 10.00. The summed E-state index contributed by atoms with van der Waals surface area (Å²) < 4.78 is 45.7. The maximum absolute atomic E-state index is 13.2. The van der Waals surface area contributed by atoms with Gasteiger partial charge in [0.2, 0.25) is 0 Å². The first-order valence-electron chi connectivity index (χ1n) is 7.72.